The molecule has 1 amide bonds. The van der Waals surface area contributed by atoms with Crippen molar-refractivity contribution in [2.45, 2.75) is 13.8 Å². The van der Waals surface area contributed by atoms with Gasteiger partial charge in [0.15, 0.2) is 0 Å². The maximum Gasteiger partial charge on any atom is 0.419 e. The minimum absolute atomic E-state index is 0.130. The molecule has 0 bridgehead atoms. The summed E-state index contributed by atoms with van der Waals surface area (Å²) in [6, 6.07) is 6.80. The largest absolute Gasteiger partial charge is 0.492 e. The van der Waals surface area contributed by atoms with E-state index < -0.39 is 6.09 Å². The molecule has 0 saturated heterocycles. The van der Waals surface area contributed by atoms with Crippen LogP contribution in [-0.4, -0.2) is 29.0 Å². The summed E-state index contributed by atoms with van der Waals surface area (Å²) < 4.78 is 17.9. The number of halogens is 1. The molecule has 0 aliphatic heterocycles. The Hall–Kier alpha value is -2.97. The van der Waals surface area contributed by atoms with Crippen LogP contribution in [-0.2, 0) is 7.05 Å². The van der Waals surface area contributed by atoms with Crippen LogP contribution >= 0.6 is 11.6 Å². The third-order valence-corrected chi connectivity index (χ3v) is 4.36. The number of furan rings is 1. The maximum atomic E-state index is 12.2. The van der Waals surface area contributed by atoms with Crippen molar-refractivity contribution in [3.63, 3.8) is 0 Å². The number of hydrogen-bond donors (Lipinski definition) is 2. The summed E-state index contributed by atoms with van der Waals surface area (Å²) in [5, 5.41) is 7.28. The van der Waals surface area contributed by atoms with Crippen molar-refractivity contribution in [1.29, 1.82) is 0 Å². The SMILES string of the molecule is Cc1cc(OC(=O)Nc2ccc(OCCN)c(-c3c(Cl)cnn3C)c2)oc1C. The number of rotatable bonds is 6. The van der Waals surface area contributed by atoms with Crippen molar-refractivity contribution in [2.24, 2.45) is 12.8 Å². The van der Waals surface area contributed by atoms with Gasteiger partial charge in [-0.25, -0.2) is 4.79 Å². The Morgan fingerprint density at radius 1 is 1.36 bits per heavy atom. The molecule has 0 spiro atoms. The fraction of sp³-hybridized carbons (Fsp3) is 0.263. The molecule has 3 rings (SSSR count). The molecule has 9 heteroatoms. The maximum absolute atomic E-state index is 12.2. The molecule has 0 saturated carbocycles. The lowest BCUT2D eigenvalue weighted by atomic mass is 10.1. The number of aryl methyl sites for hydroxylation is 3. The zero-order valence-electron chi connectivity index (χ0n) is 15.8. The van der Waals surface area contributed by atoms with Crippen molar-refractivity contribution >= 4 is 23.4 Å². The van der Waals surface area contributed by atoms with Crippen LogP contribution in [0, 0.1) is 13.8 Å². The van der Waals surface area contributed by atoms with Gasteiger partial charge in [0, 0.05) is 30.9 Å². The normalized spacial score (nSPS) is 10.8. The number of nitrogens with two attached hydrogens (primary N) is 1. The van der Waals surface area contributed by atoms with E-state index in [-0.39, 0.29) is 5.95 Å². The number of benzene rings is 1. The molecule has 2 heterocycles. The number of carbonyl (C=O) groups excluding carboxylic acids is 1. The van der Waals surface area contributed by atoms with Gasteiger partial charge in [-0.3, -0.25) is 10.00 Å². The molecule has 148 valence electrons. The van der Waals surface area contributed by atoms with E-state index >= 15 is 0 Å². The number of aromatic nitrogens is 2. The van der Waals surface area contributed by atoms with Gasteiger partial charge in [0.2, 0.25) is 0 Å². The minimum atomic E-state index is -0.675. The smallest absolute Gasteiger partial charge is 0.419 e. The summed E-state index contributed by atoms with van der Waals surface area (Å²) in [5.41, 5.74) is 8.26. The first kappa shape index (κ1) is 19.8. The molecule has 28 heavy (non-hydrogen) atoms. The van der Waals surface area contributed by atoms with E-state index in [1.54, 1.807) is 49.1 Å². The number of carbonyl (C=O) groups is 1. The van der Waals surface area contributed by atoms with Crippen LogP contribution in [0.3, 0.4) is 0 Å². The minimum Gasteiger partial charge on any atom is -0.492 e. The van der Waals surface area contributed by atoms with Gasteiger partial charge >= 0.3 is 6.09 Å². The van der Waals surface area contributed by atoms with E-state index in [0.717, 1.165) is 5.56 Å². The van der Waals surface area contributed by atoms with E-state index in [4.69, 9.17) is 31.2 Å². The predicted octanol–water partition coefficient (Wildman–Crippen LogP) is 3.90. The highest BCUT2D eigenvalue weighted by Gasteiger charge is 2.17. The number of amides is 1. The number of nitrogens with one attached hydrogen (secondary N) is 1. The van der Waals surface area contributed by atoms with Crippen molar-refractivity contribution in [1.82, 2.24) is 9.78 Å². The van der Waals surface area contributed by atoms with Crippen LogP contribution in [0.15, 0.2) is 34.9 Å². The highest BCUT2D eigenvalue weighted by atomic mass is 35.5. The summed E-state index contributed by atoms with van der Waals surface area (Å²) >= 11 is 6.28. The molecule has 0 unspecified atom stereocenters. The Morgan fingerprint density at radius 2 is 2.14 bits per heavy atom. The standard InChI is InChI=1S/C19H21ClN4O4/c1-11-8-17(27-12(11)2)28-19(25)23-13-4-5-16(26-7-6-21)14(9-13)18-15(20)10-22-24(18)3/h4-5,8-10H,6-7,21H2,1-3H3,(H,23,25). The summed E-state index contributed by atoms with van der Waals surface area (Å²) in [6.07, 6.45) is 0.867. The fourth-order valence-electron chi connectivity index (χ4n) is 2.63. The average Bonchev–Trinajstić information content (AvgIpc) is 3.14. The molecule has 0 aliphatic rings. The molecule has 3 N–H and O–H groups in total. The molecule has 0 fully saturated rings. The van der Waals surface area contributed by atoms with Gasteiger partial charge in [0.25, 0.3) is 5.95 Å². The Kier molecular flexibility index (Phi) is 5.91. The molecule has 0 aliphatic carbocycles. The summed E-state index contributed by atoms with van der Waals surface area (Å²) in [5.74, 6) is 1.40. The topological polar surface area (TPSA) is 105 Å². The monoisotopic (exact) mass is 404 g/mol. The van der Waals surface area contributed by atoms with E-state index in [0.29, 0.717) is 46.6 Å². The first-order chi connectivity index (χ1) is 13.4. The van der Waals surface area contributed by atoms with Crippen molar-refractivity contribution in [2.75, 3.05) is 18.5 Å². The third kappa shape index (κ3) is 4.29. The second-order valence-corrected chi connectivity index (χ2v) is 6.54. The van der Waals surface area contributed by atoms with E-state index in [1.807, 2.05) is 6.92 Å². The van der Waals surface area contributed by atoms with Crippen molar-refractivity contribution < 1.29 is 18.7 Å². The van der Waals surface area contributed by atoms with Crippen LogP contribution in [0.5, 0.6) is 11.7 Å². The van der Waals surface area contributed by atoms with Crippen LogP contribution in [0.25, 0.3) is 11.3 Å². The van der Waals surface area contributed by atoms with E-state index in [1.165, 1.54) is 0 Å². The second kappa shape index (κ2) is 8.37. The lowest BCUT2D eigenvalue weighted by Gasteiger charge is -2.14. The zero-order valence-corrected chi connectivity index (χ0v) is 16.5. The van der Waals surface area contributed by atoms with Gasteiger partial charge in [-0.2, -0.15) is 5.10 Å². The number of ether oxygens (including phenoxy) is 2. The molecule has 8 nitrogen and oxygen atoms in total. The van der Waals surface area contributed by atoms with Gasteiger partial charge in [-0.1, -0.05) is 11.6 Å². The quantitative estimate of drug-likeness (QED) is 0.645. The Bertz CT molecular complexity index is 957. The predicted molar refractivity (Wildman–Crippen MR) is 106 cm³/mol. The van der Waals surface area contributed by atoms with Crippen LogP contribution in [0.4, 0.5) is 10.5 Å². The molecular formula is C19H21ClN4O4. The van der Waals surface area contributed by atoms with Crippen LogP contribution < -0.4 is 20.5 Å². The Balaban J connectivity index is 1.85. The molecule has 0 atom stereocenters. The lowest BCUT2D eigenvalue weighted by molar-refractivity contribution is 0.201. The van der Waals surface area contributed by atoms with Gasteiger partial charge in [-0.05, 0) is 37.6 Å². The number of hydrogen-bond acceptors (Lipinski definition) is 6. The van der Waals surface area contributed by atoms with Crippen molar-refractivity contribution in [3.05, 3.63) is 46.8 Å². The fourth-order valence-corrected chi connectivity index (χ4v) is 2.89. The lowest BCUT2D eigenvalue weighted by Crippen LogP contribution is -2.16. The number of nitrogens with zero attached hydrogens (tertiary/aromatic N) is 2. The zero-order chi connectivity index (χ0) is 20.3. The molecule has 3 aromatic rings. The summed E-state index contributed by atoms with van der Waals surface area (Å²) in [7, 11) is 1.77. The van der Waals surface area contributed by atoms with Gasteiger partial charge in [0.05, 0.1) is 16.9 Å². The Labute approximate surface area is 167 Å². The van der Waals surface area contributed by atoms with E-state index in [9.17, 15) is 4.79 Å². The van der Waals surface area contributed by atoms with Crippen molar-refractivity contribution in [3.8, 4) is 23.0 Å². The van der Waals surface area contributed by atoms with Gasteiger partial charge in [-0.15, -0.1) is 0 Å². The Morgan fingerprint density at radius 3 is 2.75 bits per heavy atom. The molecule has 0 radical (unpaired) electrons. The number of anilines is 1. The summed E-state index contributed by atoms with van der Waals surface area (Å²) in [4.78, 5) is 12.2. The van der Waals surface area contributed by atoms with Gasteiger partial charge in [0.1, 0.15) is 18.1 Å². The first-order valence-corrected chi connectivity index (χ1v) is 8.97. The first-order valence-electron chi connectivity index (χ1n) is 8.59. The van der Waals surface area contributed by atoms with Crippen LogP contribution in [0.1, 0.15) is 11.3 Å². The second-order valence-electron chi connectivity index (χ2n) is 6.13. The highest BCUT2D eigenvalue weighted by Crippen LogP contribution is 2.36. The summed E-state index contributed by atoms with van der Waals surface area (Å²) in [6.45, 7) is 4.37. The van der Waals surface area contributed by atoms with E-state index in [2.05, 4.69) is 10.4 Å². The average molecular weight is 405 g/mol. The highest BCUT2D eigenvalue weighted by molar-refractivity contribution is 6.33. The van der Waals surface area contributed by atoms with Gasteiger partial charge < -0.3 is 19.6 Å². The molecular weight excluding hydrogens is 384 g/mol. The third-order valence-electron chi connectivity index (χ3n) is 4.09. The molecule has 2 aromatic heterocycles. The molecule has 1 aromatic carbocycles. The van der Waals surface area contributed by atoms with Crippen LogP contribution in [0.2, 0.25) is 5.02 Å².